The average Bonchev–Trinajstić information content (AvgIpc) is 2.43. The van der Waals surface area contributed by atoms with E-state index < -0.39 is 0 Å². The molecule has 4 heteroatoms. The van der Waals surface area contributed by atoms with Crippen LogP contribution < -0.4 is 15.2 Å². The normalized spacial score (nSPS) is 10.2. The maximum Gasteiger partial charge on any atom is 0.242 e. The number of nitrogen functional groups attached to an aromatic ring is 1. The molecule has 100 valence electrons. The van der Waals surface area contributed by atoms with Gasteiger partial charge in [-0.2, -0.15) is 0 Å². The van der Waals surface area contributed by atoms with Gasteiger partial charge in [-0.15, -0.1) is 0 Å². The number of aromatic nitrogens is 1. The monoisotopic (exact) mass is 258 g/mol. The van der Waals surface area contributed by atoms with Crippen LogP contribution >= 0.6 is 0 Å². The van der Waals surface area contributed by atoms with Gasteiger partial charge in [0.15, 0.2) is 0 Å². The molecule has 0 aliphatic carbocycles. The lowest BCUT2D eigenvalue weighted by molar-refractivity contribution is 0.317. The second-order valence-corrected chi connectivity index (χ2v) is 4.27. The molecule has 0 saturated carbocycles. The van der Waals surface area contributed by atoms with Gasteiger partial charge in [-0.3, -0.25) is 0 Å². The van der Waals surface area contributed by atoms with Gasteiger partial charge in [0.25, 0.3) is 0 Å². The van der Waals surface area contributed by atoms with Crippen molar-refractivity contribution in [3.05, 3.63) is 42.1 Å². The zero-order chi connectivity index (χ0) is 13.7. The molecule has 1 heterocycles. The second kappa shape index (κ2) is 6.09. The Balaban J connectivity index is 2.09. The summed E-state index contributed by atoms with van der Waals surface area (Å²) in [6.45, 7) is 4.71. The summed E-state index contributed by atoms with van der Waals surface area (Å²) < 4.78 is 11.2. The smallest absolute Gasteiger partial charge is 0.242 e. The standard InChI is InChI=1S/C15H18N2O2/c1-3-10-18-12-4-6-13(7-5-12)19-15-14(16)11(2)8-9-17-15/h4-9H,3,10,16H2,1-2H3. The number of benzene rings is 1. The van der Waals surface area contributed by atoms with E-state index in [0.29, 0.717) is 23.9 Å². The van der Waals surface area contributed by atoms with E-state index in [1.54, 1.807) is 6.20 Å². The molecule has 19 heavy (non-hydrogen) atoms. The second-order valence-electron chi connectivity index (χ2n) is 4.27. The Kier molecular flexibility index (Phi) is 4.23. The van der Waals surface area contributed by atoms with Crippen molar-refractivity contribution in [2.24, 2.45) is 0 Å². The number of aryl methyl sites for hydroxylation is 1. The van der Waals surface area contributed by atoms with Gasteiger partial charge >= 0.3 is 0 Å². The lowest BCUT2D eigenvalue weighted by atomic mass is 10.2. The van der Waals surface area contributed by atoms with Gasteiger partial charge in [-0.25, -0.2) is 4.98 Å². The van der Waals surface area contributed by atoms with Crippen LogP contribution in [0.2, 0.25) is 0 Å². The summed E-state index contributed by atoms with van der Waals surface area (Å²) in [5, 5.41) is 0. The molecule has 2 rings (SSSR count). The van der Waals surface area contributed by atoms with Crippen molar-refractivity contribution < 1.29 is 9.47 Å². The Morgan fingerprint density at radius 3 is 2.47 bits per heavy atom. The summed E-state index contributed by atoms with van der Waals surface area (Å²) in [6.07, 6.45) is 2.67. The molecule has 0 atom stereocenters. The molecule has 1 aromatic heterocycles. The Labute approximate surface area is 113 Å². The quantitative estimate of drug-likeness (QED) is 0.891. The number of hydrogen-bond donors (Lipinski definition) is 1. The Morgan fingerprint density at radius 1 is 1.11 bits per heavy atom. The number of rotatable bonds is 5. The summed E-state index contributed by atoms with van der Waals surface area (Å²) in [4.78, 5) is 4.13. The molecule has 2 aromatic rings. The molecule has 0 unspecified atom stereocenters. The van der Waals surface area contributed by atoms with Gasteiger partial charge in [0.2, 0.25) is 5.88 Å². The number of pyridine rings is 1. The number of anilines is 1. The molecule has 2 N–H and O–H groups in total. The fraction of sp³-hybridized carbons (Fsp3) is 0.267. The molecule has 4 nitrogen and oxygen atoms in total. The third-order valence-corrected chi connectivity index (χ3v) is 2.68. The Morgan fingerprint density at radius 2 is 1.79 bits per heavy atom. The Hall–Kier alpha value is -2.23. The van der Waals surface area contributed by atoms with E-state index >= 15 is 0 Å². The molecule has 0 aliphatic rings. The Bertz CT molecular complexity index is 538. The van der Waals surface area contributed by atoms with Crippen molar-refractivity contribution in [2.75, 3.05) is 12.3 Å². The summed E-state index contributed by atoms with van der Waals surface area (Å²) >= 11 is 0. The van der Waals surface area contributed by atoms with Gasteiger partial charge in [-0.05, 0) is 49.2 Å². The highest BCUT2D eigenvalue weighted by Crippen LogP contribution is 2.28. The SMILES string of the molecule is CCCOc1ccc(Oc2nccc(C)c2N)cc1. The van der Waals surface area contributed by atoms with Gasteiger partial charge in [-0.1, -0.05) is 6.92 Å². The van der Waals surface area contributed by atoms with Gasteiger partial charge in [0.05, 0.1) is 12.3 Å². The minimum atomic E-state index is 0.433. The zero-order valence-electron chi connectivity index (χ0n) is 11.2. The summed E-state index contributed by atoms with van der Waals surface area (Å²) in [5.41, 5.74) is 7.43. The van der Waals surface area contributed by atoms with E-state index in [0.717, 1.165) is 17.7 Å². The molecule has 0 saturated heterocycles. The molecule has 0 bridgehead atoms. The lowest BCUT2D eigenvalue weighted by Gasteiger charge is -2.09. The van der Waals surface area contributed by atoms with Crippen LogP contribution in [-0.2, 0) is 0 Å². The highest BCUT2D eigenvalue weighted by Gasteiger charge is 2.06. The van der Waals surface area contributed by atoms with E-state index in [9.17, 15) is 0 Å². The third-order valence-electron chi connectivity index (χ3n) is 2.68. The predicted molar refractivity (Wildman–Crippen MR) is 75.7 cm³/mol. The average molecular weight is 258 g/mol. The van der Waals surface area contributed by atoms with Crippen LogP contribution in [0.15, 0.2) is 36.5 Å². The van der Waals surface area contributed by atoms with Crippen LogP contribution in [-0.4, -0.2) is 11.6 Å². The first-order chi connectivity index (χ1) is 9.20. The van der Waals surface area contributed by atoms with Crippen molar-refractivity contribution in [2.45, 2.75) is 20.3 Å². The molecule has 0 spiro atoms. The van der Waals surface area contributed by atoms with Gasteiger partial charge < -0.3 is 15.2 Å². The highest BCUT2D eigenvalue weighted by atomic mass is 16.5. The van der Waals surface area contributed by atoms with E-state index in [-0.39, 0.29) is 0 Å². The van der Waals surface area contributed by atoms with Crippen molar-refractivity contribution >= 4 is 5.69 Å². The predicted octanol–water partition coefficient (Wildman–Crippen LogP) is 3.55. The molecule has 0 radical (unpaired) electrons. The van der Waals surface area contributed by atoms with Crippen molar-refractivity contribution in [3.63, 3.8) is 0 Å². The molecular weight excluding hydrogens is 240 g/mol. The fourth-order valence-corrected chi connectivity index (χ4v) is 1.56. The van der Waals surface area contributed by atoms with E-state index in [1.807, 2.05) is 37.3 Å². The van der Waals surface area contributed by atoms with Crippen LogP contribution in [0.3, 0.4) is 0 Å². The molecule has 0 amide bonds. The van der Waals surface area contributed by atoms with E-state index in [2.05, 4.69) is 11.9 Å². The van der Waals surface area contributed by atoms with Crippen LogP contribution in [0.25, 0.3) is 0 Å². The first-order valence-corrected chi connectivity index (χ1v) is 6.32. The number of hydrogen-bond acceptors (Lipinski definition) is 4. The summed E-state index contributed by atoms with van der Waals surface area (Å²) in [5.74, 6) is 1.95. The number of ether oxygens (including phenoxy) is 2. The van der Waals surface area contributed by atoms with Crippen LogP contribution in [0.1, 0.15) is 18.9 Å². The first kappa shape index (κ1) is 13.2. The van der Waals surface area contributed by atoms with Crippen molar-refractivity contribution in [3.8, 4) is 17.4 Å². The minimum absolute atomic E-state index is 0.433. The minimum Gasteiger partial charge on any atom is -0.494 e. The largest absolute Gasteiger partial charge is 0.494 e. The summed E-state index contributed by atoms with van der Waals surface area (Å²) in [7, 11) is 0. The zero-order valence-corrected chi connectivity index (χ0v) is 11.2. The number of nitrogens with zero attached hydrogens (tertiary/aromatic N) is 1. The van der Waals surface area contributed by atoms with Crippen molar-refractivity contribution in [1.82, 2.24) is 4.98 Å². The third kappa shape index (κ3) is 3.37. The van der Waals surface area contributed by atoms with Gasteiger partial charge in [0.1, 0.15) is 11.5 Å². The first-order valence-electron chi connectivity index (χ1n) is 6.32. The van der Waals surface area contributed by atoms with E-state index in [4.69, 9.17) is 15.2 Å². The van der Waals surface area contributed by atoms with Crippen LogP contribution in [0, 0.1) is 6.92 Å². The molecule has 0 fully saturated rings. The van der Waals surface area contributed by atoms with Crippen LogP contribution in [0.4, 0.5) is 5.69 Å². The maximum absolute atomic E-state index is 5.91. The molecule has 1 aromatic carbocycles. The van der Waals surface area contributed by atoms with Gasteiger partial charge in [0, 0.05) is 6.20 Å². The van der Waals surface area contributed by atoms with Crippen molar-refractivity contribution in [1.29, 1.82) is 0 Å². The number of nitrogens with two attached hydrogens (primary N) is 1. The maximum atomic E-state index is 5.91. The van der Waals surface area contributed by atoms with Crippen LogP contribution in [0.5, 0.6) is 17.4 Å². The highest BCUT2D eigenvalue weighted by molar-refractivity contribution is 5.55. The molecular formula is C15H18N2O2. The topological polar surface area (TPSA) is 57.4 Å². The lowest BCUT2D eigenvalue weighted by Crippen LogP contribution is -1.97. The molecule has 0 aliphatic heterocycles. The summed E-state index contributed by atoms with van der Waals surface area (Å²) in [6, 6.07) is 9.28. The fourth-order valence-electron chi connectivity index (χ4n) is 1.56. The van der Waals surface area contributed by atoms with E-state index in [1.165, 1.54) is 0 Å².